The van der Waals surface area contributed by atoms with Crippen LogP contribution in [-0.2, 0) is 20.5 Å². The second-order valence-electron chi connectivity index (χ2n) is 10.9. The van der Waals surface area contributed by atoms with Crippen molar-refractivity contribution < 1.29 is 14.1 Å². The van der Waals surface area contributed by atoms with E-state index in [0.29, 0.717) is 5.47 Å². The Labute approximate surface area is 220 Å². The molecule has 3 aromatic carbocycles. The van der Waals surface area contributed by atoms with E-state index >= 15 is 0 Å². The van der Waals surface area contributed by atoms with Gasteiger partial charge in [-0.2, -0.15) is 0 Å². The first-order valence-corrected chi connectivity index (χ1v) is 13.1. The minimum Gasteiger partial charge on any atom is -0.405 e. The largest absolute Gasteiger partial charge is 0.495 e. The molecule has 37 heavy (non-hydrogen) atoms. The lowest BCUT2D eigenvalue weighted by Crippen LogP contribution is -2.46. The smallest absolute Gasteiger partial charge is 0.405 e. The zero-order valence-electron chi connectivity index (χ0n) is 22.6. The van der Waals surface area contributed by atoms with E-state index in [4.69, 9.17) is 9.31 Å². The van der Waals surface area contributed by atoms with Crippen molar-refractivity contribution in [3.63, 3.8) is 0 Å². The monoisotopic (exact) mass is 495 g/mol. The third kappa shape index (κ3) is 4.53. The van der Waals surface area contributed by atoms with Crippen LogP contribution in [0.4, 0.5) is 11.4 Å². The molecule has 0 aromatic heterocycles. The van der Waals surface area contributed by atoms with Crippen LogP contribution in [0.15, 0.2) is 66.1 Å². The van der Waals surface area contributed by atoms with Crippen LogP contribution in [0.5, 0.6) is 0 Å². The van der Waals surface area contributed by atoms with Gasteiger partial charge in [-0.05, 0) is 68.2 Å². The van der Waals surface area contributed by atoms with Gasteiger partial charge in [0.15, 0.2) is 0 Å². The van der Waals surface area contributed by atoms with E-state index in [2.05, 4.69) is 71.2 Å². The predicted octanol–water partition coefficient (Wildman–Crippen LogP) is 5.49. The summed E-state index contributed by atoms with van der Waals surface area (Å²) in [5, 5.41) is 12.3. The van der Waals surface area contributed by atoms with E-state index < -0.39 is 25.3 Å². The number of hydrogen-bond acceptors (Lipinski definition) is 5. The Morgan fingerprint density at radius 3 is 1.97 bits per heavy atom. The average molecular weight is 495 g/mol. The van der Waals surface area contributed by atoms with Gasteiger partial charge in [0, 0.05) is 29.3 Å². The topological polar surface area (TPSA) is 71.6 Å². The van der Waals surface area contributed by atoms with Gasteiger partial charge in [-0.3, -0.25) is 4.79 Å². The van der Waals surface area contributed by atoms with E-state index in [9.17, 15) is 4.79 Å². The van der Waals surface area contributed by atoms with E-state index in [1.54, 1.807) is 7.05 Å². The summed E-state index contributed by atoms with van der Waals surface area (Å²) in [5.41, 5.74) is 4.27. The van der Waals surface area contributed by atoms with Gasteiger partial charge in [-0.1, -0.05) is 61.9 Å². The summed E-state index contributed by atoms with van der Waals surface area (Å²) in [4.78, 5) is 13.7. The van der Waals surface area contributed by atoms with Crippen molar-refractivity contribution in [1.82, 2.24) is 5.32 Å². The Kier molecular flexibility index (Phi) is 6.59. The number of benzene rings is 3. The molecule has 0 bridgehead atoms. The maximum absolute atomic E-state index is 13.7. The van der Waals surface area contributed by atoms with Crippen molar-refractivity contribution in [3.05, 3.63) is 77.3 Å². The highest BCUT2D eigenvalue weighted by molar-refractivity contribution is 6.85. The minimum atomic E-state index is -0.717. The molecule has 2 heterocycles. The number of rotatable bonds is 6. The molecule has 6 nitrogen and oxygen atoms in total. The fourth-order valence-corrected chi connectivity index (χ4v) is 5.14. The normalized spacial score (nSPS) is 18.2. The highest BCUT2D eigenvalue weighted by Crippen LogP contribution is 2.43. The maximum Gasteiger partial charge on any atom is 0.495 e. The van der Waals surface area contributed by atoms with Gasteiger partial charge in [0.1, 0.15) is 0 Å². The molecule has 3 N–H and O–H groups in total. The molecular formula is C29H35B2N3O3. The van der Waals surface area contributed by atoms with Crippen molar-refractivity contribution in [2.45, 2.75) is 58.7 Å². The predicted molar refractivity (Wildman–Crippen MR) is 154 cm³/mol. The lowest BCUT2D eigenvalue weighted by atomic mass is 9.56. The molecule has 1 amide bonds. The van der Waals surface area contributed by atoms with Crippen LogP contribution >= 0.6 is 0 Å². The zero-order chi connectivity index (χ0) is 26.4. The Morgan fingerprint density at radius 2 is 1.46 bits per heavy atom. The van der Waals surface area contributed by atoms with E-state index in [1.165, 1.54) is 5.56 Å². The molecule has 3 aromatic rings. The molecule has 0 atom stereocenters. The molecule has 0 radical (unpaired) electrons. The average Bonchev–Trinajstić information content (AvgIpc) is 3.09. The maximum atomic E-state index is 13.7. The summed E-state index contributed by atoms with van der Waals surface area (Å²) in [5.74, 6) is -0.195. The van der Waals surface area contributed by atoms with Crippen LogP contribution in [0.3, 0.4) is 0 Å². The van der Waals surface area contributed by atoms with Crippen molar-refractivity contribution in [2.24, 2.45) is 0 Å². The summed E-state index contributed by atoms with van der Waals surface area (Å²) < 4.78 is 13.1. The summed E-state index contributed by atoms with van der Waals surface area (Å²) >= 11 is 0. The Balaban J connectivity index is 1.68. The number of nitrogens with one attached hydrogen (secondary N) is 3. The first-order chi connectivity index (χ1) is 17.6. The van der Waals surface area contributed by atoms with Gasteiger partial charge in [0.2, 0.25) is 5.91 Å². The van der Waals surface area contributed by atoms with Crippen molar-refractivity contribution in [3.8, 4) is 0 Å². The fourth-order valence-electron chi connectivity index (χ4n) is 5.14. The van der Waals surface area contributed by atoms with Crippen molar-refractivity contribution in [2.75, 3.05) is 17.5 Å². The summed E-state index contributed by atoms with van der Waals surface area (Å²) in [6.45, 7) is 9.80. The molecule has 0 unspecified atom stereocenters. The van der Waals surface area contributed by atoms with Crippen LogP contribution < -0.4 is 15.8 Å². The number of aryl methyl sites for hydroxylation is 1. The number of likely N-dealkylation sites (N-methyl/N-ethyl adjacent to an activating group) is 1. The van der Waals surface area contributed by atoms with Crippen molar-refractivity contribution >= 4 is 47.6 Å². The first-order valence-electron chi connectivity index (χ1n) is 13.1. The molecule has 0 spiro atoms. The molecule has 2 aliphatic heterocycles. The number of carbonyl (C=O) groups excluding carboxylic acids is 1. The molecule has 2 aliphatic rings. The zero-order valence-corrected chi connectivity index (χ0v) is 22.6. The van der Waals surface area contributed by atoms with Gasteiger partial charge in [0.25, 0.3) is 0 Å². The molecular weight excluding hydrogens is 460 g/mol. The van der Waals surface area contributed by atoms with Gasteiger partial charge in [0.05, 0.1) is 11.2 Å². The van der Waals surface area contributed by atoms with Gasteiger partial charge >= 0.3 is 14.1 Å². The van der Waals surface area contributed by atoms with E-state index in [1.807, 2.05) is 39.8 Å². The molecule has 5 rings (SSSR count). The minimum absolute atomic E-state index is 0.195. The van der Waals surface area contributed by atoms with E-state index in [-0.39, 0.29) is 5.91 Å². The van der Waals surface area contributed by atoms with E-state index in [0.717, 1.165) is 46.0 Å². The standard InChI is InChI=1S/C29H35B2N3O3/c1-7-10-19-15-17-21(18-16-19)25(31-36-28(2,3)29(4,5)37-31)26(27(35)32-6)30-33-22-13-8-11-20-12-9-14-23(34-30)24(20)22/h8-9,11-18,33-34H,7,10H2,1-6H3,(H,32,35)/b26-25+. The fraction of sp³-hybridized carbons (Fsp3) is 0.345. The van der Waals surface area contributed by atoms with Crippen LogP contribution in [0.25, 0.3) is 16.2 Å². The summed E-state index contributed by atoms with van der Waals surface area (Å²) in [7, 11) is 0.942. The summed E-state index contributed by atoms with van der Waals surface area (Å²) in [6.07, 6.45) is 2.08. The van der Waals surface area contributed by atoms with Crippen molar-refractivity contribution in [1.29, 1.82) is 0 Å². The number of amides is 1. The highest BCUT2D eigenvalue weighted by Gasteiger charge is 2.54. The Morgan fingerprint density at radius 1 is 0.892 bits per heavy atom. The lowest BCUT2D eigenvalue weighted by Gasteiger charge is -2.32. The second kappa shape index (κ2) is 9.58. The van der Waals surface area contributed by atoms with Gasteiger partial charge in [-0.15, -0.1) is 0 Å². The Hall–Kier alpha value is -3.22. The molecule has 190 valence electrons. The van der Waals surface area contributed by atoms with Gasteiger partial charge in [-0.25, -0.2) is 0 Å². The quantitative estimate of drug-likeness (QED) is 0.312. The van der Waals surface area contributed by atoms with Gasteiger partial charge < -0.3 is 25.1 Å². The molecule has 1 saturated heterocycles. The number of carbonyl (C=O) groups is 1. The SMILES string of the molecule is CCCc1ccc(/C(B2OC(C)(C)C(C)(C)O2)=C(\B2Nc3cccc4cccc(c34)N2)C(=O)NC)cc1. The third-order valence-corrected chi connectivity index (χ3v) is 7.85. The van der Waals surface area contributed by atoms with Crippen LogP contribution in [0.1, 0.15) is 52.2 Å². The number of anilines is 2. The molecule has 0 aliphatic carbocycles. The first kappa shape index (κ1) is 25.4. The summed E-state index contributed by atoms with van der Waals surface area (Å²) in [6, 6.07) is 20.8. The van der Waals surface area contributed by atoms with Crippen LogP contribution in [0, 0.1) is 0 Å². The second-order valence-corrected chi connectivity index (χ2v) is 10.9. The molecule has 1 fully saturated rings. The molecule has 8 heteroatoms. The lowest BCUT2D eigenvalue weighted by molar-refractivity contribution is -0.116. The van der Waals surface area contributed by atoms with Crippen LogP contribution in [-0.4, -0.2) is 38.3 Å². The number of hydrogen-bond donors (Lipinski definition) is 3. The Bertz CT molecular complexity index is 1310. The van der Waals surface area contributed by atoms with Crippen LogP contribution in [0.2, 0.25) is 0 Å². The molecule has 0 saturated carbocycles. The highest BCUT2D eigenvalue weighted by atomic mass is 16.7. The third-order valence-electron chi connectivity index (χ3n) is 7.85.